The second kappa shape index (κ2) is 5.79. The predicted octanol–water partition coefficient (Wildman–Crippen LogP) is 2.51. The molecule has 0 unspecified atom stereocenters. The lowest BCUT2D eigenvalue weighted by Gasteiger charge is -2.10. The number of nitrogens with zero attached hydrogens (tertiary/aromatic N) is 2. The number of nitrogens with two attached hydrogens (primary N) is 1. The van der Waals surface area contributed by atoms with Crippen molar-refractivity contribution in [2.24, 2.45) is 5.73 Å². The predicted molar refractivity (Wildman–Crippen MR) is 81.8 cm³/mol. The molecule has 0 aliphatic carbocycles. The topological polar surface area (TPSA) is 117 Å². The molecule has 2 aromatic rings. The number of nitrogens with one attached hydrogen (secondary N) is 3. The fourth-order valence-electron chi connectivity index (χ4n) is 1.67. The van der Waals surface area contributed by atoms with Gasteiger partial charge >= 0.3 is 6.03 Å². The highest BCUT2D eigenvalue weighted by Gasteiger charge is 2.05. The van der Waals surface area contributed by atoms with Crippen LogP contribution in [-0.2, 0) is 0 Å². The molecule has 7 heteroatoms. The first-order valence-electron chi connectivity index (χ1n) is 5.85. The van der Waals surface area contributed by atoms with Gasteiger partial charge in [-0.25, -0.2) is 9.78 Å². The fourth-order valence-corrected chi connectivity index (χ4v) is 1.67. The van der Waals surface area contributed by atoms with Crippen LogP contribution in [0.5, 0.6) is 0 Å². The number of aromatic nitrogens is 2. The molecule has 0 aliphatic heterocycles. The summed E-state index contributed by atoms with van der Waals surface area (Å²) in [5, 5.41) is 12.9. The van der Waals surface area contributed by atoms with E-state index in [2.05, 4.69) is 20.6 Å². The molecule has 5 N–H and O–H groups in total. The largest absolute Gasteiger partial charge is 0.354 e. The molecule has 0 saturated heterocycles. The molecule has 0 aliphatic rings. The molecule has 7 nitrogen and oxygen atoms in total. The highest BCUT2D eigenvalue weighted by Crippen LogP contribution is 2.21. The molecule has 106 valence electrons. The van der Waals surface area contributed by atoms with Crippen LogP contribution in [0.4, 0.5) is 22.0 Å². The maximum atomic E-state index is 10.8. The molecule has 2 rings (SSSR count). The molecule has 0 aromatic carbocycles. The van der Waals surface area contributed by atoms with E-state index < -0.39 is 6.03 Å². The summed E-state index contributed by atoms with van der Waals surface area (Å²) in [6, 6.07) is 4.56. The maximum Gasteiger partial charge on any atom is 0.317 e. The van der Waals surface area contributed by atoms with Gasteiger partial charge in [-0.1, -0.05) is 0 Å². The number of hydrogen-bond acceptors (Lipinski definition) is 5. The van der Waals surface area contributed by atoms with Gasteiger partial charge in [0.05, 0.1) is 11.9 Å². The Balaban J connectivity index is 0.00000220. The monoisotopic (exact) mass is 274 g/mol. The number of rotatable bonds is 4. The summed E-state index contributed by atoms with van der Waals surface area (Å²) < 4.78 is 0. The number of pyridine rings is 2. The van der Waals surface area contributed by atoms with E-state index in [1.54, 1.807) is 12.3 Å². The summed E-state index contributed by atoms with van der Waals surface area (Å²) in [7, 11) is 0. The zero-order chi connectivity index (χ0) is 14.5. The quantitative estimate of drug-likeness (QED) is 0.641. The van der Waals surface area contributed by atoms with Crippen molar-refractivity contribution >= 4 is 29.4 Å². The number of anilines is 3. The summed E-state index contributed by atoms with van der Waals surface area (Å²) in [6.45, 7) is 1.89. The van der Waals surface area contributed by atoms with Gasteiger partial charge in [0, 0.05) is 32.2 Å². The summed E-state index contributed by atoms with van der Waals surface area (Å²) in [5.41, 5.74) is 7.99. The lowest BCUT2D eigenvalue weighted by Crippen LogP contribution is -2.20. The second-order valence-corrected chi connectivity index (χ2v) is 4.10. The van der Waals surface area contributed by atoms with Crippen molar-refractivity contribution in [2.45, 2.75) is 6.92 Å². The first-order valence-corrected chi connectivity index (χ1v) is 5.85. The third-order valence-electron chi connectivity index (χ3n) is 2.52. The normalized spacial score (nSPS) is 9.85. The number of primary amides is 1. The first-order chi connectivity index (χ1) is 9.58. The van der Waals surface area contributed by atoms with E-state index in [0.29, 0.717) is 17.1 Å². The van der Waals surface area contributed by atoms with Crippen molar-refractivity contribution in [3.63, 3.8) is 0 Å². The van der Waals surface area contributed by atoms with Gasteiger partial charge in [0.15, 0.2) is 0 Å². The Morgan fingerprint density at radius 2 is 2.25 bits per heavy atom. The Labute approximate surface area is 118 Å². The van der Waals surface area contributed by atoms with Gasteiger partial charge in [0.1, 0.15) is 5.82 Å². The van der Waals surface area contributed by atoms with Gasteiger partial charge in [-0.3, -0.25) is 10.3 Å². The summed E-state index contributed by atoms with van der Waals surface area (Å²) in [5.74, 6) is 0.299. The Morgan fingerprint density at radius 1 is 1.45 bits per heavy atom. The maximum absolute atomic E-state index is 10.8. The van der Waals surface area contributed by atoms with E-state index in [4.69, 9.17) is 11.1 Å². The van der Waals surface area contributed by atoms with Gasteiger partial charge in [-0.05, 0) is 25.1 Å². The second-order valence-electron chi connectivity index (χ2n) is 4.10. The average Bonchev–Trinajstić information content (AvgIpc) is 2.40. The van der Waals surface area contributed by atoms with E-state index in [0.717, 1.165) is 11.4 Å². The van der Waals surface area contributed by atoms with Crippen LogP contribution in [0.2, 0.25) is 0 Å². The standard InChI is InChI=1S/C13H14N6O.2H2/c1-8-4-10(2-3-16-8)18-11-7-17-12(19-13(15)20)5-9(11)6-14;;/h2-7,14H,1H3,(H,16,18)(H3,15,17,19,20);2*1H. The van der Waals surface area contributed by atoms with Crippen LogP contribution >= 0.6 is 0 Å². The van der Waals surface area contributed by atoms with E-state index in [1.807, 2.05) is 19.1 Å². The van der Waals surface area contributed by atoms with Gasteiger partial charge in [0.25, 0.3) is 0 Å². The lowest BCUT2D eigenvalue weighted by molar-refractivity contribution is 0.259. The third kappa shape index (κ3) is 3.29. The minimum atomic E-state index is -0.695. The molecule has 0 spiro atoms. The highest BCUT2D eigenvalue weighted by atomic mass is 16.2. The molecule has 20 heavy (non-hydrogen) atoms. The number of urea groups is 1. The smallest absolute Gasteiger partial charge is 0.317 e. The summed E-state index contributed by atoms with van der Waals surface area (Å²) >= 11 is 0. The first kappa shape index (κ1) is 13.5. The van der Waals surface area contributed by atoms with Crippen LogP contribution in [0, 0.1) is 12.3 Å². The van der Waals surface area contributed by atoms with E-state index in [9.17, 15) is 4.79 Å². The van der Waals surface area contributed by atoms with Crippen molar-refractivity contribution in [1.29, 1.82) is 5.41 Å². The van der Waals surface area contributed by atoms with Crippen LogP contribution in [-0.4, -0.2) is 22.2 Å². The molecule has 2 aromatic heterocycles. The van der Waals surface area contributed by atoms with Crippen LogP contribution in [0.15, 0.2) is 30.6 Å². The number of carbonyl (C=O) groups is 1. The van der Waals surface area contributed by atoms with Crippen molar-refractivity contribution < 1.29 is 7.65 Å². The van der Waals surface area contributed by atoms with Gasteiger partial charge in [-0.2, -0.15) is 0 Å². The molecule has 0 radical (unpaired) electrons. The molecule has 2 amide bonds. The van der Waals surface area contributed by atoms with Crippen molar-refractivity contribution in [3.05, 3.63) is 41.9 Å². The number of amides is 2. The Bertz CT molecular complexity index is 665. The van der Waals surface area contributed by atoms with Crippen LogP contribution in [0.25, 0.3) is 0 Å². The molecule has 2 heterocycles. The zero-order valence-electron chi connectivity index (χ0n) is 10.8. The van der Waals surface area contributed by atoms with Crippen molar-refractivity contribution in [2.75, 3.05) is 10.6 Å². The third-order valence-corrected chi connectivity index (χ3v) is 2.52. The van der Waals surface area contributed by atoms with E-state index >= 15 is 0 Å². The average molecular weight is 274 g/mol. The fraction of sp³-hybridized carbons (Fsp3) is 0.0769. The van der Waals surface area contributed by atoms with Gasteiger partial charge < -0.3 is 16.5 Å². The Morgan fingerprint density at radius 3 is 2.90 bits per heavy atom. The van der Waals surface area contributed by atoms with Crippen LogP contribution in [0.3, 0.4) is 0 Å². The molecule has 0 saturated carbocycles. The molecule has 0 fully saturated rings. The van der Waals surface area contributed by atoms with E-state index in [1.165, 1.54) is 12.4 Å². The van der Waals surface area contributed by atoms with Crippen LogP contribution in [0.1, 0.15) is 14.1 Å². The summed E-state index contributed by atoms with van der Waals surface area (Å²) in [6.07, 6.45) is 4.39. The number of aryl methyl sites for hydroxylation is 1. The van der Waals surface area contributed by atoms with Crippen molar-refractivity contribution in [1.82, 2.24) is 9.97 Å². The number of carbonyl (C=O) groups excluding carboxylic acids is 1. The van der Waals surface area contributed by atoms with Gasteiger partial charge in [-0.15, -0.1) is 0 Å². The summed E-state index contributed by atoms with van der Waals surface area (Å²) in [4.78, 5) is 18.9. The highest BCUT2D eigenvalue weighted by molar-refractivity contribution is 5.91. The molecule has 0 bridgehead atoms. The molecular weight excluding hydrogens is 256 g/mol. The number of hydrogen-bond donors (Lipinski definition) is 4. The van der Waals surface area contributed by atoms with Crippen LogP contribution < -0.4 is 16.4 Å². The zero-order valence-corrected chi connectivity index (χ0v) is 10.8. The Kier molecular flexibility index (Phi) is 3.90. The minimum absolute atomic E-state index is 0. The molecular formula is C13H18N6O. The van der Waals surface area contributed by atoms with E-state index in [-0.39, 0.29) is 2.85 Å². The lowest BCUT2D eigenvalue weighted by atomic mass is 10.2. The minimum Gasteiger partial charge on any atom is -0.354 e. The van der Waals surface area contributed by atoms with Crippen molar-refractivity contribution in [3.8, 4) is 0 Å². The Hall–Kier alpha value is -2.96. The van der Waals surface area contributed by atoms with Gasteiger partial charge in [0.2, 0.25) is 0 Å². The molecule has 0 atom stereocenters. The SMILES string of the molecule is Cc1cc(Nc2cnc(NC(N)=O)cc2C=N)ccn1.[HH].[HH].